The van der Waals surface area contributed by atoms with Crippen LogP contribution < -0.4 is 4.74 Å². The zero-order chi connectivity index (χ0) is 50.7. The fraction of sp³-hybridized carbons (Fsp3) is 0.537. The van der Waals surface area contributed by atoms with Crippen molar-refractivity contribution in [1.82, 2.24) is 4.90 Å². The number of Topliss-reactive ketones (excluding diaryl/α,β-unsaturated/α-hetero) is 2. The molecule has 2 saturated carbocycles. The number of carbonyl (C=O) groups excluding carboxylic acids is 5. The van der Waals surface area contributed by atoms with E-state index < -0.39 is 119 Å². The van der Waals surface area contributed by atoms with Crippen molar-refractivity contribution in [2.45, 2.75) is 134 Å². The highest BCUT2D eigenvalue weighted by Crippen LogP contribution is 2.65. The summed E-state index contributed by atoms with van der Waals surface area (Å²) in [6.07, 6.45) is -8.89. The monoisotopic (exact) mass is 967 g/mol. The first kappa shape index (κ1) is 50.9. The van der Waals surface area contributed by atoms with E-state index in [4.69, 9.17) is 42.6 Å². The average molecular weight is 968 g/mol. The number of benzene rings is 3. The molecule has 12 atom stereocenters. The fourth-order valence-electron chi connectivity index (χ4n) is 11.9. The molecule has 2 bridgehead atoms. The molecule has 3 aromatic rings. The van der Waals surface area contributed by atoms with E-state index in [1.165, 1.54) is 26.0 Å². The topological polar surface area (TPSA) is 192 Å². The van der Waals surface area contributed by atoms with Crippen LogP contribution in [0.2, 0.25) is 0 Å². The summed E-state index contributed by atoms with van der Waals surface area (Å²) in [6.45, 7) is 12.7. The molecule has 3 aromatic carbocycles. The predicted octanol–water partition coefficient (Wildman–Crippen LogP) is 7.07. The highest BCUT2D eigenvalue weighted by molar-refractivity contribution is 5.94. The number of hydrogen-bond acceptors (Lipinski definition) is 15. The minimum Gasteiger partial charge on any atom is -0.497 e. The van der Waals surface area contributed by atoms with Gasteiger partial charge in [0.15, 0.2) is 23.4 Å². The van der Waals surface area contributed by atoms with Crippen LogP contribution in [0.1, 0.15) is 102 Å². The lowest BCUT2D eigenvalue weighted by Gasteiger charge is -2.68. The summed E-state index contributed by atoms with van der Waals surface area (Å²) >= 11 is 0. The second kappa shape index (κ2) is 18.9. The number of nitrogens with zero attached hydrogens (tertiary/aromatic N) is 1. The third-order valence-electron chi connectivity index (χ3n) is 15.4. The molecule has 376 valence electrons. The Morgan fingerprint density at radius 1 is 0.871 bits per heavy atom. The van der Waals surface area contributed by atoms with Crippen molar-refractivity contribution < 1.29 is 71.7 Å². The van der Waals surface area contributed by atoms with E-state index in [0.29, 0.717) is 28.0 Å². The van der Waals surface area contributed by atoms with Crippen LogP contribution in [0.3, 0.4) is 0 Å². The van der Waals surface area contributed by atoms with Crippen molar-refractivity contribution in [3.05, 3.63) is 113 Å². The van der Waals surface area contributed by atoms with Crippen molar-refractivity contribution in [1.29, 1.82) is 0 Å². The molecule has 8 rings (SSSR count). The van der Waals surface area contributed by atoms with Gasteiger partial charge < -0.3 is 47.7 Å². The van der Waals surface area contributed by atoms with Crippen molar-refractivity contribution in [2.75, 3.05) is 34.5 Å². The lowest BCUT2D eigenvalue weighted by Crippen LogP contribution is -2.82. The lowest BCUT2D eigenvalue weighted by atomic mass is 9.44. The number of ketones is 2. The van der Waals surface area contributed by atoms with E-state index in [1.807, 2.05) is 6.07 Å². The second-order valence-electron chi connectivity index (χ2n) is 20.8. The fourth-order valence-corrected chi connectivity index (χ4v) is 11.9. The molecule has 5 aliphatic rings. The number of amides is 1. The number of methoxy groups -OCH3 is 3. The molecule has 1 N–H and O–H groups in total. The van der Waals surface area contributed by atoms with E-state index in [-0.39, 0.29) is 25.0 Å². The Balaban J connectivity index is 1.23. The van der Waals surface area contributed by atoms with Gasteiger partial charge in [0.05, 0.1) is 48.9 Å². The van der Waals surface area contributed by atoms with Crippen molar-refractivity contribution in [3.8, 4) is 5.75 Å². The van der Waals surface area contributed by atoms with Crippen molar-refractivity contribution >= 4 is 29.6 Å². The van der Waals surface area contributed by atoms with Gasteiger partial charge in [-0.05, 0) is 75.6 Å². The molecule has 2 heterocycles. The number of hydrogen-bond donors (Lipinski definition) is 1. The first-order valence-corrected chi connectivity index (χ1v) is 23.7. The summed E-state index contributed by atoms with van der Waals surface area (Å²) in [7, 11) is 4.41. The molecule has 3 aliphatic carbocycles. The van der Waals surface area contributed by atoms with Gasteiger partial charge in [0.2, 0.25) is 0 Å². The van der Waals surface area contributed by atoms with Gasteiger partial charge >= 0.3 is 18.0 Å². The van der Waals surface area contributed by atoms with E-state index >= 15 is 9.59 Å². The SMILES string of the molecule is COc1ccc(C2OC(C(=O)CO[C@H]3C[C@@]4(O)[C@@H](OC(=O)c5ccccc5)C5[C@](C)(C(=O)[C@H](OC)C(=C3C)C4(C)C)[C@@H](OC)C[C@H]3OC[C@@]53OC(C)=O)[C@H](c3ccccc3)N2C(=O)OC(C)(C)C)cc1. The summed E-state index contributed by atoms with van der Waals surface area (Å²) in [5, 5.41) is 14.0. The van der Waals surface area contributed by atoms with Gasteiger partial charge in [-0.3, -0.25) is 19.3 Å². The van der Waals surface area contributed by atoms with Crippen LogP contribution in [0.4, 0.5) is 4.79 Å². The summed E-state index contributed by atoms with van der Waals surface area (Å²) in [5.74, 6) is -3.14. The standard InChI is InChI=1S/C54H65NO15/c1-30-37(65-28-36(57)42-41(32-18-14-12-15-19-32)55(49(60)70-50(3,4)5)47(67-42)33-22-24-35(62-9)25-23-33)27-54(61)46(68-48(59)34-20-16-13-17-21-34)44-52(8,45(58)43(64-11)40(30)51(54,6)7)38(63-10)26-39-53(44,29-66-39)69-31(2)56/h12-25,37-39,41-44,46-47,61H,26-29H2,1-11H3/t37-,38-,39+,41-,42?,43+,44?,46-,47?,52+,53-,54+/m0/s1. The van der Waals surface area contributed by atoms with Crippen LogP contribution in [0, 0.1) is 16.7 Å². The Hall–Kier alpha value is -5.49. The van der Waals surface area contributed by atoms with E-state index in [0.717, 1.165) is 0 Å². The molecule has 0 aromatic heterocycles. The van der Waals surface area contributed by atoms with Gasteiger partial charge in [-0.25, -0.2) is 9.59 Å². The van der Waals surface area contributed by atoms with Gasteiger partial charge in [0, 0.05) is 45.0 Å². The summed E-state index contributed by atoms with van der Waals surface area (Å²) < 4.78 is 56.0. The van der Waals surface area contributed by atoms with Gasteiger partial charge in [-0.2, -0.15) is 0 Å². The summed E-state index contributed by atoms with van der Waals surface area (Å²) in [6, 6.07) is 23.3. The maximum atomic E-state index is 15.8. The largest absolute Gasteiger partial charge is 0.497 e. The lowest BCUT2D eigenvalue weighted by molar-refractivity contribution is -0.347. The first-order valence-electron chi connectivity index (χ1n) is 23.7. The maximum absolute atomic E-state index is 15.8. The van der Waals surface area contributed by atoms with E-state index in [9.17, 15) is 19.5 Å². The third kappa shape index (κ3) is 8.43. The van der Waals surface area contributed by atoms with Crippen LogP contribution >= 0.6 is 0 Å². The zero-order valence-electron chi connectivity index (χ0n) is 41.7. The molecule has 2 aliphatic heterocycles. The smallest absolute Gasteiger partial charge is 0.413 e. The van der Waals surface area contributed by atoms with Gasteiger partial charge in [0.25, 0.3) is 0 Å². The predicted molar refractivity (Wildman–Crippen MR) is 251 cm³/mol. The minimum atomic E-state index is -2.13. The summed E-state index contributed by atoms with van der Waals surface area (Å²) in [5.41, 5.74) is -5.42. The quantitative estimate of drug-likeness (QED) is 0.110. The molecule has 2 saturated heterocycles. The molecular weight excluding hydrogens is 903 g/mol. The molecule has 1 amide bonds. The van der Waals surface area contributed by atoms with Crippen molar-refractivity contribution in [2.24, 2.45) is 16.7 Å². The second-order valence-corrected chi connectivity index (χ2v) is 20.8. The molecule has 3 unspecified atom stereocenters. The third-order valence-corrected chi connectivity index (χ3v) is 15.4. The number of carbonyl (C=O) groups is 5. The average Bonchev–Trinajstić information content (AvgIpc) is 3.73. The van der Waals surface area contributed by atoms with Gasteiger partial charge in [0.1, 0.15) is 48.0 Å². The number of rotatable bonds is 12. The van der Waals surface area contributed by atoms with E-state index in [1.54, 1.807) is 134 Å². The number of esters is 2. The Bertz CT molecular complexity index is 2500. The molecule has 4 fully saturated rings. The molecular formula is C54H65NO15. The van der Waals surface area contributed by atoms with Crippen LogP contribution in [-0.2, 0) is 52.3 Å². The number of ether oxygens (including phenoxy) is 9. The van der Waals surface area contributed by atoms with Crippen LogP contribution in [0.25, 0.3) is 0 Å². The first-order chi connectivity index (χ1) is 33.1. The zero-order valence-corrected chi connectivity index (χ0v) is 41.7. The minimum absolute atomic E-state index is 0.143. The molecule has 0 radical (unpaired) electrons. The molecule has 0 spiro atoms. The normalized spacial score (nSPS) is 33.4. The van der Waals surface area contributed by atoms with E-state index in [2.05, 4.69) is 0 Å². The van der Waals surface area contributed by atoms with Crippen LogP contribution in [0.5, 0.6) is 5.75 Å². The molecule has 16 nitrogen and oxygen atoms in total. The van der Waals surface area contributed by atoms with Gasteiger partial charge in [-0.15, -0.1) is 0 Å². The molecule has 70 heavy (non-hydrogen) atoms. The highest BCUT2D eigenvalue weighted by Gasteiger charge is 2.78. The number of aliphatic hydroxyl groups is 1. The highest BCUT2D eigenvalue weighted by atomic mass is 16.6. The summed E-state index contributed by atoms with van der Waals surface area (Å²) in [4.78, 5) is 74.2. The Kier molecular flexibility index (Phi) is 13.8. The number of fused-ring (bicyclic) bond motifs is 5. The van der Waals surface area contributed by atoms with Crippen molar-refractivity contribution in [3.63, 3.8) is 0 Å². The maximum Gasteiger partial charge on any atom is 0.413 e. The van der Waals surface area contributed by atoms with Gasteiger partial charge in [-0.1, -0.05) is 74.5 Å². The Morgan fingerprint density at radius 3 is 2.07 bits per heavy atom. The Morgan fingerprint density at radius 2 is 1.51 bits per heavy atom. The van der Waals surface area contributed by atoms with Crippen LogP contribution in [-0.4, -0.2) is 128 Å². The Labute approximate surface area is 408 Å². The van der Waals surface area contributed by atoms with Crippen LogP contribution in [0.15, 0.2) is 96.1 Å². The molecule has 16 heteroatoms.